The smallest absolute Gasteiger partial charge is 0.269 e. The number of para-hydroxylation sites is 1. The number of benzene rings is 2. The van der Waals surface area contributed by atoms with Gasteiger partial charge in [-0.2, -0.15) is 5.43 Å². The number of aliphatic hydroxyl groups is 1. The summed E-state index contributed by atoms with van der Waals surface area (Å²) in [7, 11) is -1.34. The highest BCUT2D eigenvalue weighted by atomic mass is 28.3. The Kier molecular flexibility index (Phi) is 10.8. The predicted octanol–water partition coefficient (Wildman–Crippen LogP) is 1.91. The molecular weight excluding hydrogens is 606 g/mol. The van der Waals surface area contributed by atoms with Crippen LogP contribution in [0.1, 0.15) is 21.5 Å². The molecule has 0 aliphatic carbocycles. The summed E-state index contributed by atoms with van der Waals surface area (Å²) in [4.78, 5) is 46.2. The number of hydrogen-bond donors (Lipinski definition) is 5. The van der Waals surface area contributed by atoms with Gasteiger partial charge in [0.2, 0.25) is 0 Å². The molecule has 1 aromatic heterocycles. The maximum atomic E-state index is 13.5. The fraction of sp³-hybridized carbons (Fsp3) is 0.375. The number of ether oxygens (including phenoxy) is 2. The van der Waals surface area contributed by atoms with Gasteiger partial charge in [0.1, 0.15) is 12.5 Å². The van der Waals surface area contributed by atoms with E-state index in [4.69, 9.17) is 9.47 Å². The summed E-state index contributed by atoms with van der Waals surface area (Å²) in [6, 6.07) is 20.5. The van der Waals surface area contributed by atoms with Gasteiger partial charge in [-0.3, -0.25) is 29.4 Å². The largest absolute Gasteiger partial charge is 0.378 e. The van der Waals surface area contributed by atoms with Gasteiger partial charge in [-0.25, -0.2) is 5.32 Å². The number of fused-ring (bicyclic) bond motifs is 1. The first-order valence-corrected chi connectivity index (χ1v) is 19.0. The van der Waals surface area contributed by atoms with Gasteiger partial charge in [0.05, 0.1) is 30.2 Å². The topological polar surface area (TPSA) is 159 Å². The number of carbonyl (C=O) groups is 2. The number of rotatable bonds is 12. The van der Waals surface area contributed by atoms with Gasteiger partial charge in [-0.05, 0) is 18.2 Å². The van der Waals surface area contributed by atoms with E-state index in [1.54, 1.807) is 6.07 Å². The lowest BCUT2D eigenvalue weighted by molar-refractivity contribution is -0.119. The average molecular weight is 648 g/mol. The van der Waals surface area contributed by atoms with Crippen LogP contribution in [0.4, 0.5) is 11.5 Å². The number of benzodiazepines with no additional fused rings is 1. The third-order valence-corrected chi connectivity index (χ3v) is 9.26. The Bertz CT molecular complexity index is 1620. The highest BCUT2D eigenvalue weighted by Gasteiger charge is 2.28. The van der Waals surface area contributed by atoms with Crippen molar-refractivity contribution in [1.29, 1.82) is 0 Å². The van der Waals surface area contributed by atoms with Crippen molar-refractivity contribution in [2.24, 2.45) is 4.99 Å². The maximum absolute atomic E-state index is 13.5. The van der Waals surface area contributed by atoms with Crippen LogP contribution < -0.4 is 31.9 Å². The molecule has 1 fully saturated rings. The van der Waals surface area contributed by atoms with Gasteiger partial charge in [0, 0.05) is 45.0 Å². The zero-order chi connectivity index (χ0) is 32.7. The molecule has 3 aromatic rings. The predicted molar refractivity (Wildman–Crippen MR) is 179 cm³/mol. The van der Waals surface area contributed by atoms with Crippen molar-refractivity contribution in [3.63, 3.8) is 0 Å². The number of aliphatic imine (C=N–C) groups is 1. The van der Waals surface area contributed by atoms with Gasteiger partial charge in [0.15, 0.2) is 12.5 Å². The quantitative estimate of drug-likeness (QED) is 0.0857. The second kappa shape index (κ2) is 14.9. The second-order valence-corrected chi connectivity index (χ2v) is 17.9. The van der Waals surface area contributed by atoms with E-state index in [2.05, 4.69) is 46.1 Å². The molecule has 14 heteroatoms. The number of aromatic nitrogens is 1. The number of hydrazine groups is 1. The SMILES string of the molecule is C[Si](C)(C)CCOCn1c(N2CCOCC2)c(C(=O)NNC(O)N[C@H]2N=C(c3ccccc3)c3ccccc3NC2=O)ccc1=O. The number of pyridine rings is 1. The van der Waals surface area contributed by atoms with E-state index >= 15 is 0 Å². The van der Waals surface area contributed by atoms with E-state index in [1.807, 2.05) is 53.4 Å². The summed E-state index contributed by atoms with van der Waals surface area (Å²) in [6.07, 6.45) is -2.76. The molecule has 0 saturated carbocycles. The van der Waals surface area contributed by atoms with E-state index in [0.717, 1.165) is 17.2 Å². The van der Waals surface area contributed by atoms with E-state index in [1.165, 1.54) is 16.7 Å². The Balaban J connectivity index is 1.32. The van der Waals surface area contributed by atoms with Gasteiger partial charge in [-0.1, -0.05) is 68.2 Å². The third kappa shape index (κ3) is 8.34. The van der Waals surface area contributed by atoms with Crippen LogP contribution in [0.15, 0.2) is 76.5 Å². The maximum Gasteiger partial charge on any atom is 0.269 e. The first kappa shape index (κ1) is 33.2. The van der Waals surface area contributed by atoms with E-state index in [9.17, 15) is 19.5 Å². The molecule has 46 heavy (non-hydrogen) atoms. The van der Waals surface area contributed by atoms with Crippen molar-refractivity contribution >= 4 is 37.1 Å². The molecule has 13 nitrogen and oxygen atoms in total. The molecule has 1 saturated heterocycles. The molecular formula is C32H41N7O6Si. The van der Waals surface area contributed by atoms with Crippen molar-refractivity contribution in [3.8, 4) is 0 Å². The molecule has 244 valence electrons. The summed E-state index contributed by atoms with van der Waals surface area (Å²) in [5.41, 5.74) is 7.61. The van der Waals surface area contributed by atoms with E-state index in [0.29, 0.717) is 50.1 Å². The fourth-order valence-electron chi connectivity index (χ4n) is 5.11. The Morgan fingerprint density at radius 2 is 1.78 bits per heavy atom. The van der Waals surface area contributed by atoms with Gasteiger partial charge >= 0.3 is 0 Å². The normalized spacial score (nSPS) is 17.4. The van der Waals surface area contributed by atoms with Gasteiger partial charge in [0.25, 0.3) is 17.4 Å². The van der Waals surface area contributed by atoms with Crippen molar-refractivity contribution in [2.45, 2.75) is 44.9 Å². The minimum absolute atomic E-state index is 0.00430. The Morgan fingerprint density at radius 3 is 2.52 bits per heavy atom. The summed E-state index contributed by atoms with van der Waals surface area (Å²) in [5, 5.41) is 16.4. The van der Waals surface area contributed by atoms with Crippen molar-refractivity contribution in [1.82, 2.24) is 20.7 Å². The summed E-state index contributed by atoms with van der Waals surface area (Å²) in [5.74, 6) is -0.672. The first-order chi connectivity index (χ1) is 22.1. The third-order valence-electron chi connectivity index (χ3n) is 7.56. The van der Waals surface area contributed by atoms with E-state index in [-0.39, 0.29) is 17.9 Å². The minimum atomic E-state index is -1.57. The lowest BCUT2D eigenvalue weighted by Gasteiger charge is -2.32. The fourth-order valence-corrected chi connectivity index (χ4v) is 5.87. The number of morpholine rings is 1. The molecule has 5 N–H and O–H groups in total. The number of hydrogen-bond acceptors (Lipinski definition) is 10. The van der Waals surface area contributed by atoms with Crippen molar-refractivity contribution in [2.75, 3.05) is 43.1 Å². The number of nitrogens with one attached hydrogen (secondary N) is 4. The standard InChI is InChI=1S/C32H41N7O6Si/c1-46(2,3)20-19-45-21-39-26(40)14-13-24(31(39)38-15-17-44-18-16-38)29(41)36-37-32(43)35-28-30(42)33-25-12-8-7-11-23(25)27(34-28)22-9-5-4-6-10-22/h4-14,28,32,35,37,43H,15-21H2,1-3H3,(H,33,42)(H,36,41)/t28-,32?/m1/s1. The van der Waals surface area contributed by atoms with Crippen molar-refractivity contribution in [3.05, 3.63) is 93.8 Å². The van der Waals surface area contributed by atoms with Crippen LogP contribution in [0.2, 0.25) is 25.7 Å². The number of aliphatic hydroxyl groups excluding tert-OH is 1. The first-order valence-electron chi connectivity index (χ1n) is 15.3. The van der Waals surface area contributed by atoms with Gasteiger partial charge in [-0.15, -0.1) is 0 Å². The molecule has 1 unspecified atom stereocenters. The van der Waals surface area contributed by atoms with Crippen LogP contribution in [0.25, 0.3) is 0 Å². The monoisotopic (exact) mass is 647 g/mol. The molecule has 0 radical (unpaired) electrons. The number of carbonyl (C=O) groups excluding carboxylic acids is 2. The van der Waals surface area contributed by atoms with Crippen LogP contribution in [-0.4, -0.2) is 80.7 Å². The minimum Gasteiger partial charge on any atom is -0.378 e. The Morgan fingerprint density at radius 1 is 1.07 bits per heavy atom. The van der Waals surface area contributed by atoms with Crippen LogP contribution in [-0.2, 0) is 21.0 Å². The zero-order valence-corrected chi connectivity index (χ0v) is 27.3. The molecule has 2 aromatic carbocycles. The highest BCUT2D eigenvalue weighted by molar-refractivity contribution is 6.76. The Hall–Kier alpha value is -4.18. The summed E-state index contributed by atoms with van der Waals surface area (Å²) >= 11 is 0. The van der Waals surface area contributed by atoms with Gasteiger partial charge < -0.3 is 24.8 Å². The average Bonchev–Trinajstić information content (AvgIpc) is 3.18. The van der Waals surface area contributed by atoms with Crippen molar-refractivity contribution < 1.29 is 24.2 Å². The second-order valence-electron chi connectivity index (χ2n) is 12.2. The summed E-state index contributed by atoms with van der Waals surface area (Å²) in [6.45, 7) is 9.11. The Labute approximate surface area is 268 Å². The van der Waals surface area contributed by atoms with E-state index < -0.39 is 32.4 Å². The number of amides is 2. The molecule has 0 spiro atoms. The molecule has 2 atom stereocenters. The van der Waals surface area contributed by atoms with Crippen LogP contribution in [0.5, 0.6) is 0 Å². The zero-order valence-electron chi connectivity index (χ0n) is 26.3. The molecule has 2 aliphatic rings. The molecule has 0 bridgehead atoms. The molecule has 5 rings (SSSR count). The van der Waals surface area contributed by atoms with Crippen LogP contribution in [0, 0.1) is 0 Å². The summed E-state index contributed by atoms with van der Waals surface area (Å²) < 4.78 is 12.9. The highest BCUT2D eigenvalue weighted by Crippen LogP contribution is 2.24. The molecule has 2 aliphatic heterocycles. The number of nitrogens with zero attached hydrogens (tertiary/aromatic N) is 3. The lowest BCUT2D eigenvalue weighted by Crippen LogP contribution is -2.56. The lowest BCUT2D eigenvalue weighted by atomic mass is 10.0. The number of anilines is 2. The molecule has 2 amide bonds. The molecule has 3 heterocycles. The van der Waals surface area contributed by atoms with Crippen LogP contribution >= 0.6 is 0 Å². The van der Waals surface area contributed by atoms with Crippen LogP contribution in [0.3, 0.4) is 0 Å².